The van der Waals surface area contributed by atoms with E-state index >= 15 is 0 Å². The molecule has 1 aliphatic rings. The Kier molecular flexibility index (Phi) is 4.48. The Morgan fingerprint density at radius 1 is 1.47 bits per heavy atom. The topological polar surface area (TPSA) is 46.3 Å². The quantitative estimate of drug-likeness (QED) is 0.901. The lowest BCUT2D eigenvalue weighted by Gasteiger charge is -2.27. The highest BCUT2D eigenvalue weighted by atomic mass is 35.5. The van der Waals surface area contributed by atoms with Crippen LogP contribution in [0.1, 0.15) is 32.3 Å². The number of nitrogens with zero attached hydrogens (tertiary/aromatic N) is 1. The molecule has 0 spiro atoms. The van der Waals surface area contributed by atoms with E-state index in [1.165, 1.54) is 0 Å². The highest BCUT2D eigenvalue weighted by Crippen LogP contribution is 2.29. The molecule has 0 saturated heterocycles. The van der Waals surface area contributed by atoms with Crippen molar-refractivity contribution in [2.75, 3.05) is 0 Å². The van der Waals surface area contributed by atoms with Gasteiger partial charge in [0, 0.05) is 17.6 Å². The fourth-order valence-corrected chi connectivity index (χ4v) is 2.29. The Labute approximate surface area is 119 Å². The molecule has 1 fully saturated rings. The molecule has 0 aliphatic heterocycles. The van der Waals surface area contributed by atoms with Gasteiger partial charge in [0.15, 0.2) is 0 Å². The fraction of sp³-hybridized carbons (Fsp3) is 0.533. The lowest BCUT2D eigenvalue weighted by Crippen LogP contribution is -2.47. The molecule has 1 aromatic carbocycles. The molecule has 0 radical (unpaired) electrons. The molecule has 4 heteroatoms. The van der Waals surface area contributed by atoms with Crippen molar-refractivity contribution < 1.29 is 4.79 Å². The monoisotopic (exact) mass is 280 g/mol. The van der Waals surface area contributed by atoms with Crippen LogP contribution in [0.3, 0.4) is 0 Å². The summed E-state index contributed by atoms with van der Waals surface area (Å²) in [6, 6.07) is 7.60. The van der Waals surface area contributed by atoms with E-state index in [0.717, 1.165) is 18.4 Å². The summed E-state index contributed by atoms with van der Waals surface area (Å²) in [6.45, 7) is 4.56. The molecule has 2 rings (SSSR count). The van der Waals surface area contributed by atoms with Gasteiger partial charge in [0.05, 0.1) is 6.04 Å². The number of amides is 1. The van der Waals surface area contributed by atoms with Crippen molar-refractivity contribution in [3.05, 3.63) is 34.9 Å². The fourth-order valence-electron chi connectivity index (χ4n) is 2.08. The summed E-state index contributed by atoms with van der Waals surface area (Å²) in [5, 5.41) is 0.703. The highest BCUT2D eigenvalue weighted by Gasteiger charge is 2.35. The zero-order valence-electron chi connectivity index (χ0n) is 11.5. The van der Waals surface area contributed by atoms with Crippen LogP contribution >= 0.6 is 11.6 Å². The van der Waals surface area contributed by atoms with Gasteiger partial charge in [-0.3, -0.25) is 4.79 Å². The van der Waals surface area contributed by atoms with Crippen molar-refractivity contribution in [2.45, 2.75) is 45.3 Å². The van der Waals surface area contributed by atoms with Gasteiger partial charge in [0.1, 0.15) is 0 Å². The van der Waals surface area contributed by atoms with Gasteiger partial charge in [-0.2, -0.15) is 0 Å². The van der Waals surface area contributed by atoms with Gasteiger partial charge >= 0.3 is 0 Å². The number of halogens is 1. The van der Waals surface area contributed by atoms with Crippen LogP contribution in [0.15, 0.2) is 24.3 Å². The molecule has 1 amide bonds. The molecule has 1 unspecified atom stereocenters. The minimum atomic E-state index is -0.417. The normalized spacial score (nSPS) is 16.5. The SMILES string of the molecule is CC(C)C(N)C(=O)N(Cc1cccc(Cl)c1)C1CC1. The third-order valence-electron chi connectivity index (χ3n) is 3.52. The van der Waals surface area contributed by atoms with Crippen molar-refractivity contribution in [2.24, 2.45) is 11.7 Å². The maximum Gasteiger partial charge on any atom is 0.240 e. The molecule has 0 bridgehead atoms. The van der Waals surface area contributed by atoms with Gasteiger partial charge in [-0.15, -0.1) is 0 Å². The summed E-state index contributed by atoms with van der Waals surface area (Å²) in [6.07, 6.45) is 2.16. The van der Waals surface area contributed by atoms with Crippen LogP contribution in [-0.4, -0.2) is 22.9 Å². The summed E-state index contributed by atoms with van der Waals surface area (Å²) in [7, 11) is 0. The maximum atomic E-state index is 12.4. The molecule has 1 aliphatic carbocycles. The predicted octanol–water partition coefficient (Wildman–Crippen LogP) is 2.81. The van der Waals surface area contributed by atoms with E-state index in [2.05, 4.69) is 0 Å². The van der Waals surface area contributed by atoms with E-state index in [4.69, 9.17) is 17.3 Å². The van der Waals surface area contributed by atoms with E-state index in [1.54, 1.807) is 0 Å². The molecular weight excluding hydrogens is 260 g/mol. The molecule has 3 nitrogen and oxygen atoms in total. The van der Waals surface area contributed by atoms with Crippen molar-refractivity contribution in [1.82, 2.24) is 4.90 Å². The van der Waals surface area contributed by atoms with E-state index in [1.807, 2.05) is 43.0 Å². The number of carbonyl (C=O) groups is 1. The van der Waals surface area contributed by atoms with Crippen molar-refractivity contribution >= 4 is 17.5 Å². The lowest BCUT2D eigenvalue weighted by molar-refractivity contribution is -0.134. The smallest absolute Gasteiger partial charge is 0.240 e. The molecule has 1 aromatic rings. The molecule has 1 saturated carbocycles. The van der Waals surface area contributed by atoms with Gasteiger partial charge in [-0.1, -0.05) is 37.6 Å². The molecule has 2 N–H and O–H groups in total. The zero-order valence-corrected chi connectivity index (χ0v) is 12.2. The van der Waals surface area contributed by atoms with Crippen LogP contribution in [-0.2, 0) is 11.3 Å². The average Bonchev–Trinajstić information content (AvgIpc) is 3.18. The number of hydrogen-bond acceptors (Lipinski definition) is 2. The number of benzene rings is 1. The Hall–Kier alpha value is -1.06. The van der Waals surface area contributed by atoms with E-state index < -0.39 is 6.04 Å². The highest BCUT2D eigenvalue weighted by molar-refractivity contribution is 6.30. The van der Waals surface area contributed by atoms with Crippen LogP contribution in [0.25, 0.3) is 0 Å². The van der Waals surface area contributed by atoms with E-state index in [0.29, 0.717) is 17.6 Å². The second-order valence-electron chi connectivity index (χ2n) is 5.60. The maximum absolute atomic E-state index is 12.4. The van der Waals surface area contributed by atoms with Crippen LogP contribution < -0.4 is 5.73 Å². The number of carbonyl (C=O) groups excluding carboxylic acids is 1. The summed E-state index contributed by atoms with van der Waals surface area (Å²) >= 11 is 5.99. The third-order valence-corrected chi connectivity index (χ3v) is 3.75. The van der Waals surface area contributed by atoms with Crippen LogP contribution in [0.5, 0.6) is 0 Å². The number of hydrogen-bond donors (Lipinski definition) is 1. The van der Waals surface area contributed by atoms with E-state index in [-0.39, 0.29) is 11.8 Å². The summed E-state index contributed by atoms with van der Waals surface area (Å²) in [5.74, 6) is 0.214. The molecule has 0 heterocycles. The Morgan fingerprint density at radius 3 is 2.68 bits per heavy atom. The van der Waals surface area contributed by atoms with Gasteiger partial charge in [0.2, 0.25) is 5.91 Å². The van der Waals surface area contributed by atoms with E-state index in [9.17, 15) is 4.79 Å². The minimum Gasteiger partial charge on any atom is -0.334 e. The Bertz CT molecular complexity index is 457. The van der Waals surface area contributed by atoms with Gasteiger partial charge < -0.3 is 10.6 Å². The molecule has 104 valence electrons. The Morgan fingerprint density at radius 2 is 2.16 bits per heavy atom. The van der Waals surface area contributed by atoms with Crippen molar-refractivity contribution in [3.8, 4) is 0 Å². The van der Waals surface area contributed by atoms with Crippen LogP contribution in [0.4, 0.5) is 0 Å². The second kappa shape index (κ2) is 5.93. The standard InChI is InChI=1S/C15H21ClN2O/c1-10(2)14(17)15(19)18(13-6-7-13)9-11-4-3-5-12(16)8-11/h3-5,8,10,13-14H,6-7,9,17H2,1-2H3. The molecule has 1 atom stereocenters. The third kappa shape index (κ3) is 3.71. The second-order valence-corrected chi connectivity index (χ2v) is 6.03. The average molecular weight is 281 g/mol. The molecule has 19 heavy (non-hydrogen) atoms. The summed E-state index contributed by atoms with van der Waals surface area (Å²) < 4.78 is 0. The summed E-state index contributed by atoms with van der Waals surface area (Å²) in [5.41, 5.74) is 7.05. The first-order valence-electron chi connectivity index (χ1n) is 6.79. The molecular formula is C15H21ClN2O. The zero-order chi connectivity index (χ0) is 14.0. The summed E-state index contributed by atoms with van der Waals surface area (Å²) in [4.78, 5) is 14.3. The van der Waals surface area contributed by atoms with Crippen LogP contribution in [0.2, 0.25) is 5.02 Å². The molecule has 0 aromatic heterocycles. The van der Waals surface area contributed by atoms with Gasteiger partial charge in [-0.05, 0) is 36.5 Å². The predicted molar refractivity (Wildman–Crippen MR) is 77.8 cm³/mol. The first-order valence-corrected chi connectivity index (χ1v) is 7.17. The first-order chi connectivity index (χ1) is 8.99. The number of rotatable bonds is 5. The minimum absolute atomic E-state index is 0.0532. The number of nitrogens with two attached hydrogens (primary N) is 1. The largest absolute Gasteiger partial charge is 0.334 e. The van der Waals surface area contributed by atoms with Gasteiger partial charge in [0.25, 0.3) is 0 Å². The van der Waals surface area contributed by atoms with Crippen molar-refractivity contribution in [1.29, 1.82) is 0 Å². The van der Waals surface area contributed by atoms with Crippen LogP contribution in [0, 0.1) is 5.92 Å². The Balaban J connectivity index is 2.10. The van der Waals surface area contributed by atoms with Crippen molar-refractivity contribution in [3.63, 3.8) is 0 Å². The first kappa shape index (κ1) is 14.4. The van der Waals surface area contributed by atoms with Gasteiger partial charge in [-0.25, -0.2) is 0 Å². The lowest BCUT2D eigenvalue weighted by atomic mass is 10.0.